The second kappa shape index (κ2) is 6.20. The van der Waals surface area contributed by atoms with E-state index in [0.29, 0.717) is 0 Å². The van der Waals surface area contributed by atoms with Gasteiger partial charge in [-0.3, -0.25) is 4.90 Å². The quantitative estimate of drug-likeness (QED) is 0.910. The molecule has 3 rings (SSSR count). The fourth-order valence-corrected chi connectivity index (χ4v) is 3.40. The Morgan fingerprint density at radius 3 is 2.86 bits per heavy atom. The van der Waals surface area contributed by atoms with Crippen LogP contribution >= 0.6 is 0 Å². The van der Waals surface area contributed by atoms with Crippen molar-refractivity contribution in [3.05, 3.63) is 35.6 Å². The van der Waals surface area contributed by atoms with Gasteiger partial charge in [-0.1, -0.05) is 32.0 Å². The third-order valence-electron chi connectivity index (χ3n) is 4.75. The molecule has 114 valence electrons. The summed E-state index contributed by atoms with van der Waals surface area (Å²) in [4.78, 5) is 2.58. The average Bonchev–Trinajstić information content (AvgIpc) is 3.06. The number of nitrogens with one attached hydrogen (secondary N) is 1. The minimum absolute atomic E-state index is 0.785. The molecule has 0 radical (unpaired) electrons. The standard InChI is InChI=1S/C18H26N2O/c1-13(2)14-8-9-20(11-14)12-16-15-6-4-5-7-17(15)21-18(16)10-19-3/h4-7,13-14,19H,8-12H2,1-3H3. The maximum Gasteiger partial charge on any atom is 0.134 e. The first kappa shape index (κ1) is 14.6. The molecule has 21 heavy (non-hydrogen) atoms. The summed E-state index contributed by atoms with van der Waals surface area (Å²) in [7, 11) is 1.97. The van der Waals surface area contributed by atoms with Gasteiger partial charge >= 0.3 is 0 Å². The van der Waals surface area contributed by atoms with Crippen molar-refractivity contribution in [3.63, 3.8) is 0 Å². The van der Waals surface area contributed by atoms with E-state index in [1.807, 2.05) is 13.1 Å². The lowest BCUT2D eigenvalue weighted by Gasteiger charge is -2.18. The Morgan fingerprint density at radius 1 is 1.33 bits per heavy atom. The summed E-state index contributed by atoms with van der Waals surface area (Å²) in [6, 6.07) is 8.40. The lowest BCUT2D eigenvalue weighted by Crippen LogP contribution is -2.22. The van der Waals surface area contributed by atoms with Crippen molar-refractivity contribution in [2.75, 3.05) is 20.1 Å². The number of hydrogen-bond donors (Lipinski definition) is 1. The number of furan rings is 1. The molecular formula is C18H26N2O. The van der Waals surface area contributed by atoms with E-state index in [-0.39, 0.29) is 0 Å². The third-order valence-corrected chi connectivity index (χ3v) is 4.75. The summed E-state index contributed by atoms with van der Waals surface area (Å²) in [6.07, 6.45) is 1.33. The maximum absolute atomic E-state index is 6.03. The fourth-order valence-electron chi connectivity index (χ4n) is 3.40. The second-order valence-corrected chi connectivity index (χ2v) is 6.56. The molecule has 1 aliphatic rings. The van der Waals surface area contributed by atoms with Gasteiger partial charge in [0.2, 0.25) is 0 Å². The van der Waals surface area contributed by atoms with Gasteiger partial charge in [-0.05, 0) is 37.9 Å². The van der Waals surface area contributed by atoms with Crippen LogP contribution in [0.15, 0.2) is 28.7 Å². The van der Waals surface area contributed by atoms with E-state index in [1.54, 1.807) is 0 Å². The Bertz CT molecular complexity index is 602. The van der Waals surface area contributed by atoms with Gasteiger partial charge < -0.3 is 9.73 Å². The number of rotatable bonds is 5. The number of likely N-dealkylation sites (tertiary alicyclic amines) is 1. The molecule has 3 nitrogen and oxygen atoms in total. The molecule has 0 amide bonds. The van der Waals surface area contributed by atoms with Crippen molar-refractivity contribution < 1.29 is 4.42 Å². The van der Waals surface area contributed by atoms with Gasteiger partial charge in [-0.25, -0.2) is 0 Å². The summed E-state index contributed by atoms with van der Waals surface area (Å²) in [5.74, 6) is 2.72. The van der Waals surface area contributed by atoms with E-state index in [9.17, 15) is 0 Å². The van der Waals surface area contributed by atoms with E-state index in [2.05, 4.69) is 42.3 Å². The minimum atomic E-state index is 0.785. The van der Waals surface area contributed by atoms with Crippen molar-refractivity contribution in [3.8, 4) is 0 Å². The van der Waals surface area contributed by atoms with E-state index < -0.39 is 0 Å². The number of para-hydroxylation sites is 1. The Labute approximate surface area is 127 Å². The highest BCUT2D eigenvalue weighted by atomic mass is 16.3. The van der Waals surface area contributed by atoms with Gasteiger partial charge in [-0.15, -0.1) is 0 Å². The largest absolute Gasteiger partial charge is 0.459 e. The highest BCUT2D eigenvalue weighted by molar-refractivity contribution is 5.82. The van der Waals surface area contributed by atoms with Gasteiger partial charge in [0.15, 0.2) is 0 Å². The molecule has 1 N–H and O–H groups in total. The van der Waals surface area contributed by atoms with Gasteiger partial charge in [0.1, 0.15) is 11.3 Å². The van der Waals surface area contributed by atoms with E-state index in [1.165, 1.54) is 30.5 Å². The van der Waals surface area contributed by atoms with Crippen molar-refractivity contribution >= 4 is 11.0 Å². The Hall–Kier alpha value is -1.32. The van der Waals surface area contributed by atoms with Crippen LogP contribution in [0.3, 0.4) is 0 Å². The summed E-state index contributed by atoms with van der Waals surface area (Å²) in [5, 5.41) is 4.50. The monoisotopic (exact) mass is 286 g/mol. The molecule has 1 saturated heterocycles. The molecule has 1 aromatic heterocycles. The van der Waals surface area contributed by atoms with Crippen LogP contribution in [-0.4, -0.2) is 25.0 Å². The highest BCUT2D eigenvalue weighted by Gasteiger charge is 2.26. The molecule has 2 heterocycles. The lowest BCUT2D eigenvalue weighted by atomic mass is 9.95. The number of benzene rings is 1. The summed E-state index contributed by atoms with van der Waals surface area (Å²) in [5.41, 5.74) is 2.38. The fraction of sp³-hybridized carbons (Fsp3) is 0.556. The molecule has 0 bridgehead atoms. The Balaban J connectivity index is 1.84. The van der Waals surface area contributed by atoms with E-state index in [0.717, 1.165) is 36.3 Å². The van der Waals surface area contributed by atoms with Crippen LogP contribution in [0.25, 0.3) is 11.0 Å². The summed E-state index contributed by atoms with van der Waals surface area (Å²) >= 11 is 0. The van der Waals surface area contributed by atoms with Crippen molar-refractivity contribution in [2.24, 2.45) is 11.8 Å². The average molecular weight is 286 g/mol. The van der Waals surface area contributed by atoms with Crippen LogP contribution < -0.4 is 5.32 Å². The predicted octanol–water partition coefficient (Wildman–Crippen LogP) is 3.63. The van der Waals surface area contributed by atoms with Crippen LogP contribution in [0.2, 0.25) is 0 Å². The molecular weight excluding hydrogens is 260 g/mol. The molecule has 0 aliphatic carbocycles. The zero-order valence-corrected chi connectivity index (χ0v) is 13.4. The zero-order chi connectivity index (χ0) is 14.8. The first-order valence-corrected chi connectivity index (χ1v) is 8.05. The highest BCUT2D eigenvalue weighted by Crippen LogP contribution is 2.30. The maximum atomic E-state index is 6.03. The molecule has 1 fully saturated rings. The van der Waals surface area contributed by atoms with Gasteiger partial charge in [0.25, 0.3) is 0 Å². The van der Waals surface area contributed by atoms with E-state index >= 15 is 0 Å². The summed E-state index contributed by atoms with van der Waals surface area (Å²) < 4.78 is 6.03. The van der Waals surface area contributed by atoms with Crippen LogP contribution in [0.5, 0.6) is 0 Å². The van der Waals surface area contributed by atoms with Gasteiger partial charge in [0.05, 0.1) is 6.54 Å². The number of hydrogen-bond acceptors (Lipinski definition) is 3. The van der Waals surface area contributed by atoms with Crippen molar-refractivity contribution in [1.82, 2.24) is 10.2 Å². The molecule has 1 atom stereocenters. The molecule has 0 saturated carbocycles. The first-order chi connectivity index (χ1) is 10.2. The second-order valence-electron chi connectivity index (χ2n) is 6.56. The van der Waals surface area contributed by atoms with Gasteiger partial charge in [0, 0.05) is 24.0 Å². The van der Waals surface area contributed by atoms with Crippen molar-refractivity contribution in [2.45, 2.75) is 33.4 Å². The molecule has 2 aromatic rings. The SMILES string of the molecule is CNCc1oc2ccccc2c1CN1CCC(C(C)C)C1. The van der Waals surface area contributed by atoms with Crippen LogP contribution in [-0.2, 0) is 13.1 Å². The van der Waals surface area contributed by atoms with E-state index in [4.69, 9.17) is 4.42 Å². The van der Waals surface area contributed by atoms with Crippen LogP contribution in [0.4, 0.5) is 0 Å². The molecule has 1 aliphatic heterocycles. The van der Waals surface area contributed by atoms with Crippen molar-refractivity contribution in [1.29, 1.82) is 0 Å². The predicted molar refractivity (Wildman–Crippen MR) is 87.2 cm³/mol. The zero-order valence-electron chi connectivity index (χ0n) is 13.4. The lowest BCUT2D eigenvalue weighted by molar-refractivity contribution is 0.295. The summed E-state index contributed by atoms with van der Waals surface area (Å²) in [6.45, 7) is 8.92. The van der Waals surface area contributed by atoms with Crippen LogP contribution in [0.1, 0.15) is 31.6 Å². The third kappa shape index (κ3) is 2.99. The molecule has 0 spiro atoms. The first-order valence-electron chi connectivity index (χ1n) is 8.05. The number of fused-ring (bicyclic) bond motifs is 1. The molecule has 1 aromatic carbocycles. The normalized spacial score (nSPS) is 19.9. The Morgan fingerprint density at radius 2 is 2.14 bits per heavy atom. The van der Waals surface area contributed by atoms with Gasteiger partial charge in [-0.2, -0.15) is 0 Å². The van der Waals surface area contributed by atoms with Crippen LogP contribution in [0, 0.1) is 11.8 Å². The molecule has 3 heteroatoms. The smallest absolute Gasteiger partial charge is 0.134 e. The molecule has 1 unspecified atom stereocenters. The number of nitrogens with zero attached hydrogens (tertiary/aromatic N) is 1. The minimum Gasteiger partial charge on any atom is -0.459 e. The Kier molecular flexibility index (Phi) is 4.32. The topological polar surface area (TPSA) is 28.4 Å².